The summed E-state index contributed by atoms with van der Waals surface area (Å²) in [5.41, 5.74) is 1.87. The average molecular weight is 388 g/mol. The number of hydrogen-bond donors (Lipinski definition) is 2. The van der Waals surface area contributed by atoms with E-state index in [-0.39, 0.29) is 12.3 Å². The van der Waals surface area contributed by atoms with Crippen LogP contribution in [0.4, 0.5) is 10.5 Å². The highest BCUT2D eigenvalue weighted by Crippen LogP contribution is 2.21. The van der Waals surface area contributed by atoms with Crippen LogP contribution in [-0.4, -0.2) is 48.2 Å². The monoisotopic (exact) mass is 387 g/mol. The fraction of sp³-hybridized carbons (Fsp3) is 0.300. The van der Waals surface area contributed by atoms with Crippen molar-refractivity contribution >= 4 is 29.3 Å². The summed E-state index contributed by atoms with van der Waals surface area (Å²) >= 11 is 5.93. The van der Waals surface area contributed by atoms with Gasteiger partial charge in [-0.2, -0.15) is 0 Å². The van der Waals surface area contributed by atoms with Crippen molar-refractivity contribution in [3.63, 3.8) is 0 Å². The highest BCUT2D eigenvalue weighted by molar-refractivity contribution is 6.30. The minimum atomic E-state index is -1.13. The van der Waals surface area contributed by atoms with Crippen LogP contribution in [0.5, 0.6) is 0 Å². The van der Waals surface area contributed by atoms with Crippen molar-refractivity contribution < 1.29 is 14.7 Å². The Morgan fingerprint density at radius 3 is 2.22 bits per heavy atom. The van der Waals surface area contributed by atoms with Crippen LogP contribution in [0.15, 0.2) is 54.6 Å². The number of carbonyl (C=O) groups is 2. The highest BCUT2D eigenvalue weighted by Gasteiger charge is 2.25. The van der Waals surface area contributed by atoms with E-state index in [0.717, 1.165) is 24.3 Å². The fourth-order valence-electron chi connectivity index (χ4n) is 3.26. The lowest BCUT2D eigenvalue weighted by Gasteiger charge is -2.36. The fourth-order valence-corrected chi connectivity index (χ4v) is 3.38. The van der Waals surface area contributed by atoms with Gasteiger partial charge in [-0.05, 0) is 29.8 Å². The van der Waals surface area contributed by atoms with Gasteiger partial charge in [-0.1, -0.05) is 41.9 Å². The zero-order chi connectivity index (χ0) is 19.2. The number of anilines is 1. The summed E-state index contributed by atoms with van der Waals surface area (Å²) in [5.74, 6) is -0.0478. The molecule has 0 aliphatic carbocycles. The number of benzene rings is 2. The number of amides is 2. The molecular weight excluding hydrogens is 366 g/mol. The van der Waals surface area contributed by atoms with E-state index in [0.29, 0.717) is 18.1 Å². The quantitative estimate of drug-likeness (QED) is 0.824. The van der Waals surface area contributed by atoms with Crippen LogP contribution in [0, 0.1) is 0 Å². The Kier molecular flexibility index (Phi) is 6.19. The Balaban J connectivity index is 1.59. The first-order valence-corrected chi connectivity index (χ1v) is 9.23. The van der Waals surface area contributed by atoms with Gasteiger partial charge in [-0.25, -0.2) is 4.79 Å². The van der Waals surface area contributed by atoms with Crippen LogP contribution in [0.2, 0.25) is 5.02 Å². The Hall–Kier alpha value is -2.73. The number of nitrogens with one attached hydrogen (secondary N) is 1. The molecule has 142 valence electrons. The lowest BCUT2D eigenvalue weighted by atomic mass is 10.0. The van der Waals surface area contributed by atoms with Crippen molar-refractivity contribution in [2.75, 3.05) is 31.1 Å². The molecule has 2 N–H and O–H groups in total. The van der Waals surface area contributed by atoms with Gasteiger partial charge >= 0.3 is 6.09 Å². The first-order chi connectivity index (χ1) is 13.0. The molecule has 0 spiro atoms. The number of halogens is 1. The second-order valence-corrected chi connectivity index (χ2v) is 6.90. The summed E-state index contributed by atoms with van der Waals surface area (Å²) in [4.78, 5) is 27.8. The normalized spacial score (nSPS) is 15.3. The summed E-state index contributed by atoms with van der Waals surface area (Å²) in [5, 5.41) is 12.2. The van der Waals surface area contributed by atoms with Gasteiger partial charge in [0.25, 0.3) is 0 Å². The number of hydrogen-bond acceptors (Lipinski definition) is 3. The Labute approximate surface area is 163 Å². The molecule has 0 saturated carbocycles. The van der Waals surface area contributed by atoms with Gasteiger partial charge in [0.05, 0.1) is 12.5 Å². The van der Waals surface area contributed by atoms with E-state index in [1.165, 1.54) is 0 Å². The van der Waals surface area contributed by atoms with Gasteiger partial charge < -0.3 is 20.2 Å². The number of carbonyl (C=O) groups excluding carboxylic acids is 1. The zero-order valence-electron chi connectivity index (χ0n) is 14.8. The third kappa shape index (κ3) is 5.14. The molecule has 0 bridgehead atoms. The largest absolute Gasteiger partial charge is 0.465 e. The third-order valence-electron chi connectivity index (χ3n) is 4.70. The number of nitrogens with zero attached hydrogens (tertiary/aromatic N) is 2. The molecule has 2 aromatic carbocycles. The van der Waals surface area contributed by atoms with Crippen LogP contribution in [0.1, 0.15) is 18.0 Å². The summed E-state index contributed by atoms with van der Waals surface area (Å²) in [6.45, 7) is 2.68. The van der Waals surface area contributed by atoms with Gasteiger partial charge in [-0.3, -0.25) is 4.79 Å². The molecule has 1 heterocycles. The molecule has 0 aromatic heterocycles. The molecule has 3 rings (SSSR count). The van der Waals surface area contributed by atoms with E-state index in [1.807, 2.05) is 54.6 Å². The summed E-state index contributed by atoms with van der Waals surface area (Å²) in [6.07, 6.45) is -1.03. The average Bonchev–Trinajstić information content (AvgIpc) is 2.68. The summed E-state index contributed by atoms with van der Waals surface area (Å²) in [7, 11) is 0. The topological polar surface area (TPSA) is 72.9 Å². The maximum absolute atomic E-state index is 12.7. The van der Waals surface area contributed by atoms with Gasteiger partial charge in [0, 0.05) is 36.9 Å². The number of piperazine rings is 1. The Morgan fingerprint density at radius 2 is 1.63 bits per heavy atom. The lowest BCUT2D eigenvalue weighted by molar-refractivity contribution is -0.132. The van der Waals surface area contributed by atoms with E-state index in [2.05, 4.69) is 10.2 Å². The van der Waals surface area contributed by atoms with Crippen molar-refractivity contribution in [1.82, 2.24) is 10.2 Å². The standard InChI is InChI=1S/C20H22ClN3O3/c21-16-6-8-17(9-7-16)23-10-12-24(13-11-23)19(25)14-18(22-20(26)27)15-4-2-1-3-5-15/h1-9,18,22H,10-14H2,(H,26,27). The summed E-state index contributed by atoms with van der Waals surface area (Å²) in [6, 6.07) is 16.3. The highest BCUT2D eigenvalue weighted by atomic mass is 35.5. The van der Waals surface area contributed by atoms with Crippen LogP contribution in [0.3, 0.4) is 0 Å². The maximum atomic E-state index is 12.7. The molecule has 2 aromatic rings. The Bertz CT molecular complexity index is 775. The molecular formula is C20H22ClN3O3. The van der Waals surface area contributed by atoms with Crippen LogP contribution < -0.4 is 10.2 Å². The molecule has 1 atom stereocenters. The van der Waals surface area contributed by atoms with Gasteiger partial charge in [0.1, 0.15) is 0 Å². The van der Waals surface area contributed by atoms with E-state index in [9.17, 15) is 9.59 Å². The van der Waals surface area contributed by atoms with Crippen molar-refractivity contribution in [3.05, 3.63) is 65.2 Å². The molecule has 1 fully saturated rings. The molecule has 7 heteroatoms. The van der Waals surface area contributed by atoms with Crippen LogP contribution in [-0.2, 0) is 4.79 Å². The molecule has 2 amide bonds. The Morgan fingerprint density at radius 1 is 1.00 bits per heavy atom. The zero-order valence-corrected chi connectivity index (χ0v) is 15.6. The van der Waals surface area contributed by atoms with Gasteiger partial charge in [0.2, 0.25) is 5.91 Å². The van der Waals surface area contributed by atoms with Crippen molar-refractivity contribution in [1.29, 1.82) is 0 Å². The smallest absolute Gasteiger partial charge is 0.405 e. The molecule has 1 aliphatic rings. The maximum Gasteiger partial charge on any atom is 0.405 e. The number of carboxylic acid groups (broad SMARTS) is 1. The van der Waals surface area contributed by atoms with E-state index < -0.39 is 12.1 Å². The molecule has 1 aliphatic heterocycles. The predicted molar refractivity (Wildman–Crippen MR) is 105 cm³/mol. The van der Waals surface area contributed by atoms with E-state index in [1.54, 1.807) is 4.90 Å². The van der Waals surface area contributed by atoms with E-state index >= 15 is 0 Å². The SMILES string of the molecule is O=C(O)NC(CC(=O)N1CCN(c2ccc(Cl)cc2)CC1)c1ccccc1. The molecule has 6 nitrogen and oxygen atoms in total. The van der Waals surface area contributed by atoms with Gasteiger partial charge in [0.15, 0.2) is 0 Å². The molecule has 1 saturated heterocycles. The predicted octanol–water partition coefficient (Wildman–Crippen LogP) is 3.39. The third-order valence-corrected chi connectivity index (χ3v) is 4.95. The lowest BCUT2D eigenvalue weighted by Crippen LogP contribution is -2.49. The minimum absolute atomic E-state index is 0.0478. The van der Waals surface area contributed by atoms with Crippen molar-refractivity contribution in [3.8, 4) is 0 Å². The van der Waals surface area contributed by atoms with Crippen LogP contribution in [0.25, 0.3) is 0 Å². The second kappa shape index (κ2) is 8.77. The van der Waals surface area contributed by atoms with Crippen LogP contribution >= 0.6 is 11.6 Å². The minimum Gasteiger partial charge on any atom is -0.465 e. The molecule has 0 radical (unpaired) electrons. The number of rotatable bonds is 5. The first-order valence-electron chi connectivity index (χ1n) is 8.85. The molecule has 27 heavy (non-hydrogen) atoms. The van der Waals surface area contributed by atoms with Crippen molar-refractivity contribution in [2.24, 2.45) is 0 Å². The summed E-state index contributed by atoms with van der Waals surface area (Å²) < 4.78 is 0. The van der Waals surface area contributed by atoms with E-state index in [4.69, 9.17) is 16.7 Å². The second-order valence-electron chi connectivity index (χ2n) is 6.46. The first kappa shape index (κ1) is 19.0. The molecule has 1 unspecified atom stereocenters. The van der Waals surface area contributed by atoms with Gasteiger partial charge in [-0.15, -0.1) is 0 Å². The van der Waals surface area contributed by atoms with Crippen molar-refractivity contribution in [2.45, 2.75) is 12.5 Å².